The molecule has 1 aliphatic rings. The number of hydrogen-bond acceptors (Lipinski definition) is 3. The fourth-order valence-corrected chi connectivity index (χ4v) is 2.33. The minimum absolute atomic E-state index is 0.109. The number of carboxylic acids is 1. The lowest BCUT2D eigenvalue weighted by molar-refractivity contribution is -0.136. The normalized spacial score (nSPS) is 12.0. The first-order chi connectivity index (χ1) is 10.6. The molecule has 4 heteroatoms. The average Bonchev–Trinajstić information content (AvgIpc) is 2.67. The minimum atomic E-state index is -0.924. The second-order valence-corrected chi connectivity index (χ2v) is 4.68. The quantitative estimate of drug-likeness (QED) is 0.922. The molecule has 0 aliphatic carbocycles. The Balaban J connectivity index is 0.000000847. The van der Waals surface area contributed by atoms with Crippen LogP contribution in [0.25, 0.3) is 0 Å². The first kappa shape index (κ1) is 15.8. The number of carbonyl (C=O) groups is 2. The number of hydrogen-bond donors (Lipinski definition) is 1. The number of carbonyl (C=O) groups excluding carboxylic acids is 1. The molecule has 22 heavy (non-hydrogen) atoms. The molecule has 0 bridgehead atoms. The van der Waals surface area contributed by atoms with Crippen molar-refractivity contribution < 1.29 is 19.4 Å². The number of ketones is 1. The van der Waals surface area contributed by atoms with Crippen LogP contribution in [0.15, 0.2) is 42.5 Å². The smallest absolute Gasteiger partial charge is 0.307 e. The third kappa shape index (κ3) is 3.17. The van der Waals surface area contributed by atoms with Gasteiger partial charge in [0, 0.05) is 11.1 Å². The van der Waals surface area contributed by atoms with Crippen molar-refractivity contribution >= 4 is 11.8 Å². The highest BCUT2D eigenvalue weighted by Crippen LogP contribution is 2.29. The third-order valence-electron chi connectivity index (χ3n) is 3.29. The molecule has 0 fully saturated rings. The second-order valence-electron chi connectivity index (χ2n) is 4.68. The Hall–Kier alpha value is -2.62. The molecule has 0 saturated heterocycles. The zero-order valence-corrected chi connectivity index (χ0v) is 12.6. The molecular formula is C18H18O4. The van der Waals surface area contributed by atoms with E-state index >= 15 is 0 Å². The maximum Gasteiger partial charge on any atom is 0.307 e. The summed E-state index contributed by atoms with van der Waals surface area (Å²) in [7, 11) is 0. The molecule has 0 radical (unpaired) electrons. The van der Waals surface area contributed by atoms with Crippen molar-refractivity contribution in [1.82, 2.24) is 0 Å². The summed E-state index contributed by atoms with van der Waals surface area (Å²) in [6, 6.07) is 12.2. The first-order valence-corrected chi connectivity index (χ1v) is 7.25. The molecular weight excluding hydrogens is 280 g/mol. The summed E-state index contributed by atoms with van der Waals surface area (Å²) < 4.78 is 5.64. The highest BCUT2D eigenvalue weighted by Gasteiger charge is 2.22. The predicted octanol–water partition coefficient (Wildman–Crippen LogP) is 3.46. The Morgan fingerprint density at radius 1 is 1.14 bits per heavy atom. The number of aliphatic carboxylic acids is 1. The number of rotatable bonds is 2. The van der Waals surface area contributed by atoms with Crippen LogP contribution in [0.3, 0.4) is 0 Å². The maximum atomic E-state index is 12.5. The molecule has 0 saturated carbocycles. The number of fused-ring (bicyclic) bond motifs is 2. The zero-order chi connectivity index (χ0) is 16.1. The summed E-state index contributed by atoms with van der Waals surface area (Å²) in [5.41, 5.74) is 2.47. The molecule has 2 aromatic rings. The van der Waals surface area contributed by atoms with E-state index in [1.54, 1.807) is 24.3 Å². The Bertz CT molecular complexity index is 704. The average molecular weight is 298 g/mol. The monoisotopic (exact) mass is 298 g/mol. The van der Waals surface area contributed by atoms with Gasteiger partial charge in [-0.2, -0.15) is 0 Å². The molecule has 1 aliphatic heterocycles. The molecule has 1 heterocycles. The molecule has 3 rings (SSSR count). The maximum absolute atomic E-state index is 12.5. The van der Waals surface area contributed by atoms with Gasteiger partial charge in [-0.15, -0.1) is 0 Å². The van der Waals surface area contributed by atoms with E-state index in [0.29, 0.717) is 29.0 Å². The van der Waals surface area contributed by atoms with E-state index in [-0.39, 0.29) is 12.2 Å². The van der Waals surface area contributed by atoms with E-state index in [0.717, 1.165) is 5.56 Å². The molecule has 0 unspecified atom stereocenters. The molecule has 4 nitrogen and oxygen atoms in total. The van der Waals surface area contributed by atoms with Crippen molar-refractivity contribution in [2.75, 3.05) is 0 Å². The van der Waals surface area contributed by atoms with Crippen molar-refractivity contribution in [3.8, 4) is 5.75 Å². The summed E-state index contributed by atoms with van der Waals surface area (Å²) in [6.45, 7) is 4.34. The van der Waals surface area contributed by atoms with E-state index < -0.39 is 5.97 Å². The summed E-state index contributed by atoms with van der Waals surface area (Å²) >= 11 is 0. The van der Waals surface area contributed by atoms with E-state index in [1.807, 2.05) is 32.0 Å². The number of carboxylic acid groups (broad SMARTS) is 1. The summed E-state index contributed by atoms with van der Waals surface area (Å²) in [5.74, 6) is -0.548. The predicted molar refractivity (Wildman–Crippen MR) is 83.3 cm³/mol. The van der Waals surface area contributed by atoms with Gasteiger partial charge in [-0.1, -0.05) is 44.2 Å². The summed E-state index contributed by atoms with van der Waals surface area (Å²) in [4.78, 5) is 23.3. The molecule has 2 aromatic carbocycles. The van der Waals surface area contributed by atoms with Crippen molar-refractivity contribution in [2.45, 2.75) is 26.9 Å². The fourth-order valence-electron chi connectivity index (χ4n) is 2.33. The SMILES string of the molecule is CC.O=C(O)Cc1ccc2c(c1)C(=O)c1ccccc1CO2. The van der Waals surface area contributed by atoms with Crippen molar-refractivity contribution in [2.24, 2.45) is 0 Å². The number of ether oxygens (including phenoxy) is 1. The van der Waals surface area contributed by atoms with Crippen molar-refractivity contribution in [3.63, 3.8) is 0 Å². The Labute approximate surface area is 129 Å². The number of benzene rings is 2. The molecule has 0 spiro atoms. The van der Waals surface area contributed by atoms with Crippen LogP contribution in [-0.4, -0.2) is 16.9 Å². The standard InChI is InChI=1S/C16H12O4.C2H6/c17-15(18)8-10-5-6-14-13(7-10)16(19)12-4-2-1-3-11(12)9-20-14;1-2/h1-7H,8-9H2,(H,17,18);1-2H3. The summed E-state index contributed by atoms with van der Waals surface area (Å²) in [5, 5.41) is 8.83. The van der Waals surface area contributed by atoms with Crippen molar-refractivity contribution in [1.29, 1.82) is 0 Å². The lowest BCUT2D eigenvalue weighted by atomic mass is 9.97. The van der Waals surface area contributed by atoms with Crippen LogP contribution in [0, 0.1) is 0 Å². The minimum Gasteiger partial charge on any atom is -0.488 e. The zero-order valence-electron chi connectivity index (χ0n) is 12.6. The van der Waals surface area contributed by atoms with Crippen LogP contribution < -0.4 is 4.74 Å². The van der Waals surface area contributed by atoms with Gasteiger partial charge in [0.05, 0.1) is 12.0 Å². The first-order valence-electron chi connectivity index (χ1n) is 7.25. The highest BCUT2D eigenvalue weighted by molar-refractivity contribution is 6.12. The topological polar surface area (TPSA) is 63.6 Å². The van der Waals surface area contributed by atoms with Gasteiger partial charge in [-0.05, 0) is 17.7 Å². The van der Waals surface area contributed by atoms with E-state index in [9.17, 15) is 9.59 Å². The summed E-state index contributed by atoms with van der Waals surface area (Å²) in [6.07, 6.45) is -0.109. The van der Waals surface area contributed by atoms with Gasteiger partial charge in [0.15, 0.2) is 5.78 Å². The van der Waals surface area contributed by atoms with Gasteiger partial charge in [0.2, 0.25) is 0 Å². The fraction of sp³-hybridized carbons (Fsp3) is 0.222. The van der Waals surface area contributed by atoms with Gasteiger partial charge in [-0.25, -0.2) is 0 Å². The molecule has 0 amide bonds. The van der Waals surface area contributed by atoms with Crippen LogP contribution in [0.5, 0.6) is 5.75 Å². The highest BCUT2D eigenvalue weighted by atomic mass is 16.5. The van der Waals surface area contributed by atoms with Crippen LogP contribution in [0.1, 0.15) is 40.9 Å². The van der Waals surface area contributed by atoms with E-state index in [4.69, 9.17) is 9.84 Å². The second kappa shape index (κ2) is 6.89. The van der Waals surface area contributed by atoms with Crippen LogP contribution in [0.2, 0.25) is 0 Å². The van der Waals surface area contributed by atoms with Crippen molar-refractivity contribution in [3.05, 3.63) is 64.7 Å². The Kier molecular flexibility index (Phi) is 4.94. The molecule has 1 N–H and O–H groups in total. The van der Waals surface area contributed by atoms with Crippen LogP contribution in [-0.2, 0) is 17.8 Å². The lowest BCUT2D eigenvalue weighted by Crippen LogP contribution is -2.05. The van der Waals surface area contributed by atoms with E-state index in [2.05, 4.69) is 0 Å². The Morgan fingerprint density at radius 3 is 2.59 bits per heavy atom. The third-order valence-corrected chi connectivity index (χ3v) is 3.29. The van der Waals surface area contributed by atoms with Crippen LogP contribution in [0.4, 0.5) is 0 Å². The van der Waals surface area contributed by atoms with Gasteiger partial charge >= 0.3 is 5.97 Å². The molecule has 114 valence electrons. The van der Waals surface area contributed by atoms with Gasteiger partial charge in [-0.3, -0.25) is 9.59 Å². The van der Waals surface area contributed by atoms with Gasteiger partial charge in [0.1, 0.15) is 12.4 Å². The molecule has 0 atom stereocenters. The van der Waals surface area contributed by atoms with Gasteiger partial charge in [0.25, 0.3) is 0 Å². The van der Waals surface area contributed by atoms with Gasteiger partial charge < -0.3 is 9.84 Å². The lowest BCUT2D eigenvalue weighted by Gasteiger charge is -2.07. The largest absolute Gasteiger partial charge is 0.488 e. The molecule has 0 aromatic heterocycles. The van der Waals surface area contributed by atoms with Crippen LogP contribution >= 0.6 is 0 Å². The van der Waals surface area contributed by atoms with E-state index in [1.165, 1.54) is 0 Å². The Morgan fingerprint density at radius 2 is 1.86 bits per heavy atom.